The molecule has 0 radical (unpaired) electrons. The van der Waals surface area contributed by atoms with E-state index >= 15 is 0 Å². The van der Waals surface area contributed by atoms with Gasteiger partial charge >= 0.3 is 0 Å². The van der Waals surface area contributed by atoms with Crippen LogP contribution in [0.4, 0.5) is 5.69 Å². The lowest BCUT2D eigenvalue weighted by atomic mass is 10.1. The molecule has 0 bridgehead atoms. The van der Waals surface area contributed by atoms with Gasteiger partial charge in [0.05, 0.1) is 17.5 Å². The van der Waals surface area contributed by atoms with Crippen LogP contribution in [-0.2, 0) is 6.42 Å². The number of anilines is 1. The number of hydrogen-bond acceptors (Lipinski definition) is 3. The van der Waals surface area contributed by atoms with E-state index in [0.29, 0.717) is 17.1 Å². The highest BCUT2D eigenvalue weighted by Crippen LogP contribution is 2.35. The number of halogens is 1. The van der Waals surface area contributed by atoms with Gasteiger partial charge in [-0.05, 0) is 17.7 Å². The van der Waals surface area contributed by atoms with Crippen molar-refractivity contribution in [2.75, 3.05) is 5.73 Å². The molecule has 2 N–H and O–H groups in total. The van der Waals surface area contributed by atoms with Crippen LogP contribution in [0, 0.1) is 11.3 Å². The van der Waals surface area contributed by atoms with Gasteiger partial charge in [0.2, 0.25) is 0 Å². The van der Waals surface area contributed by atoms with Crippen LogP contribution in [0.3, 0.4) is 0 Å². The van der Waals surface area contributed by atoms with E-state index in [9.17, 15) is 0 Å². The fraction of sp³-hybridized carbons (Fsp3) is 0.100. The summed E-state index contributed by atoms with van der Waals surface area (Å²) in [5.41, 5.74) is 7.28. The molecule has 0 atom stereocenters. The summed E-state index contributed by atoms with van der Waals surface area (Å²) in [4.78, 5) is 0. The minimum atomic E-state index is 0.305. The molecular formula is C10H7ClN2S. The average molecular weight is 223 g/mol. The van der Waals surface area contributed by atoms with Crippen molar-refractivity contribution in [3.05, 3.63) is 28.1 Å². The van der Waals surface area contributed by atoms with E-state index in [4.69, 9.17) is 22.6 Å². The highest BCUT2D eigenvalue weighted by atomic mass is 35.5. The van der Waals surface area contributed by atoms with Crippen molar-refractivity contribution in [2.24, 2.45) is 0 Å². The number of nitrogens with zero attached hydrogens (tertiary/aromatic N) is 1. The van der Waals surface area contributed by atoms with Crippen LogP contribution in [0.25, 0.3) is 10.1 Å². The molecule has 2 aromatic rings. The molecule has 1 aromatic heterocycles. The van der Waals surface area contributed by atoms with Gasteiger partial charge in [0.1, 0.15) is 0 Å². The second kappa shape index (κ2) is 3.49. The zero-order valence-electron chi connectivity index (χ0n) is 7.25. The number of nitrogen functional groups attached to an aromatic ring is 1. The Labute approximate surface area is 90.5 Å². The minimum absolute atomic E-state index is 0.305. The Kier molecular flexibility index (Phi) is 2.32. The molecule has 70 valence electrons. The van der Waals surface area contributed by atoms with Gasteiger partial charge in [-0.25, -0.2) is 0 Å². The monoisotopic (exact) mass is 222 g/mol. The number of hydrogen-bond donors (Lipinski definition) is 1. The Morgan fingerprint density at radius 3 is 3.00 bits per heavy atom. The standard InChI is InChI=1S/C10H7ClN2S/c11-7-5-14-9-2-1-8(13)6(3-4-12)10(7)9/h1-2,5H,3,13H2. The molecule has 0 fully saturated rings. The fourth-order valence-corrected chi connectivity index (χ4v) is 2.70. The molecule has 0 saturated carbocycles. The van der Waals surface area contributed by atoms with Gasteiger partial charge in [-0.1, -0.05) is 11.6 Å². The highest BCUT2D eigenvalue weighted by Gasteiger charge is 2.09. The van der Waals surface area contributed by atoms with E-state index in [2.05, 4.69) is 6.07 Å². The van der Waals surface area contributed by atoms with Crippen LogP contribution in [0.1, 0.15) is 5.56 Å². The molecule has 0 saturated heterocycles. The molecule has 0 spiro atoms. The average Bonchev–Trinajstić information content (AvgIpc) is 2.53. The first-order valence-electron chi connectivity index (χ1n) is 4.05. The topological polar surface area (TPSA) is 49.8 Å². The number of nitrogens with two attached hydrogens (primary N) is 1. The first-order valence-corrected chi connectivity index (χ1v) is 5.31. The maximum atomic E-state index is 8.69. The van der Waals surface area contributed by atoms with E-state index in [1.807, 2.05) is 17.5 Å². The zero-order chi connectivity index (χ0) is 10.1. The minimum Gasteiger partial charge on any atom is -0.398 e. The van der Waals surface area contributed by atoms with Gasteiger partial charge in [0.25, 0.3) is 0 Å². The summed E-state index contributed by atoms with van der Waals surface area (Å²) in [5, 5.41) is 12.2. The molecule has 0 unspecified atom stereocenters. The Bertz CT molecular complexity index is 525. The Morgan fingerprint density at radius 1 is 1.50 bits per heavy atom. The van der Waals surface area contributed by atoms with E-state index in [1.54, 1.807) is 11.3 Å². The van der Waals surface area contributed by atoms with Crippen molar-refractivity contribution in [3.8, 4) is 6.07 Å². The summed E-state index contributed by atoms with van der Waals surface area (Å²) in [6, 6.07) is 5.85. The molecule has 2 rings (SSSR count). The van der Waals surface area contributed by atoms with Crippen LogP contribution in [0.5, 0.6) is 0 Å². The number of thiophene rings is 1. The first kappa shape index (κ1) is 9.32. The lowest BCUT2D eigenvalue weighted by Gasteiger charge is -2.03. The van der Waals surface area contributed by atoms with Crippen LogP contribution >= 0.6 is 22.9 Å². The van der Waals surface area contributed by atoms with E-state index < -0.39 is 0 Å². The summed E-state index contributed by atoms with van der Waals surface area (Å²) in [6.45, 7) is 0. The van der Waals surface area contributed by atoms with Crippen molar-refractivity contribution in [1.82, 2.24) is 0 Å². The van der Waals surface area contributed by atoms with Crippen LogP contribution in [-0.4, -0.2) is 0 Å². The maximum absolute atomic E-state index is 8.69. The highest BCUT2D eigenvalue weighted by molar-refractivity contribution is 7.17. The Hall–Kier alpha value is -1.24. The number of fused-ring (bicyclic) bond motifs is 1. The fourth-order valence-electron chi connectivity index (χ4n) is 1.45. The van der Waals surface area contributed by atoms with Gasteiger partial charge < -0.3 is 5.73 Å². The molecule has 0 aliphatic rings. The van der Waals surface area contributed by atoms with Gasteiger partial charge in [-0.15, -0.1) is 11.3 Å². The van der Waals surface area contributed by atoms with Crippen LogP contribution in [0.15, 0.2) is 17.5 Å². The van der Waals surface area contributed by atoms with Gasteiger partial charge in [-0.3, -0.25) is 0 Å². The molecule has 2 nitrogen and oxygen atoms in total. The Morgan fingerprint density at radius 2 is 2.29 bits per heavy atom. The molecule has 14 heavy (non-hydrogen) atoms. The third-order valence-electron chi connectivity index (χ3n) is 2.09. The summed E-state index contributed by atoms with van der Waals surface area (Å²) < 4.78 is 1.08. The second-order valence-electron chi connectivity index (χ2n) is 2.93. The number of rotatable bonds is 1. The van der Waals surface area contributed by atoms with Crippen molar-refractivity contribution >= 4 is 38.7 Å². The van der Waals surface area contributed by atoms with E-state index in [0.717, 1.165) is 15.6 Å². The van der Waals surface area contributed by atoms with Crippen molar-refractivity contribution in [3.63, 3.8) is 0 Å². The summed E-state index contributed by atoms with van der Waals surface area (Å²) in [7, 11) is 0. The normalized spacial score (nSPS) is 10.3. The smallest absolute Gasteiger partial charge is 0.0670 e. The number of benzene rings is 1. The van der Waals surface area contributed by atoms with Gasteiger partial charge in [0.15, 0.2) is 0 Å². The molecule has 1 aromatic carbocycles. The second-order valence-corrected chi connectivity index (χ2v) is 4.24. The van der Waals surface area contributed by atoms with E-state index in [-0.39, 0.29) is 0 Å². The maximum Gasteiger partial charge on any atom is 0.0670 e. The zero-order valence-corrected chi connectivity index (χ0v) is 8.82. The van der Waals surface area contributed by atoms with Crippen molar-refractivity contribution in [1.29, 1.82) is 5.26 Å². The van der Waals surface area contributed by atoms with Crippen molar-refractivity contribution < 1.29 is 0 Å². The predicted molar refractivity (Wildman–Crippen MR) is 60.6 cm³/mol. The molecule has 1 heterocycles. The summed E-state index contributed by atoms with van der Waals surface area (Å²) >= 11 is 7.60. The quantitative estimate of drug-likeness (QED) is 0.754. The summed E-state index contributed by atoms with van der Waals surface area (Å²) in [5.74, 6) is 0. The Balaban J connectivity index is 2.81. The third kappa shape index (κ3) is 1.33. The molecular weight excluding hydrogens is 216 g/mol. The van der Waals surface area contributed by atoms with Gasteiger partial charge in [-0.2, -0.15) is 5.26 Å². The van der Waals surface area contributed by atoms with Crippen molar-refractivity contribution in [2.45, 2.75) is 6.42 Å². The first-order chi connectivity index (χ1) is 6.74. The predicted octanol–water partition coefficient (Wildman–Crippen LogP) is 3.20. The van der Waals surface area contributed by atoms with Crippen LogP contribution < -0.4 is 5.73 Å². The largest absolute Gasteiger partial charge is 0.398 e. The number of nitriles is 1. The molecule has 0 aliphatic heterocycles. The van der Waals surface area contributed by atoms with Crippen LogP contribution in [0.2, 0.25) is 5.02 Å². The molecule has 0 amide bonds. The van der Waals surface area contributed by atoms with E-state index in [1.165, 1.54) is 0 Å². The SMILES string of the molecule is N#CCc1c(N)ccc2scc(Cl)c12. The van der Waals surface area contributed by atoms with Gasteiger partial charge in [0, 0.05) is 21.2 Å². The summed E-state index contributed by atoms with van der Waals surface area (Å²) in [6.07, 6.45) is 0.305. The lowest BCUT2D eigenvalue weighted by molar-refractivity contribution is 1.29. The third-order valence-corrected chi connectivity index (χ3v) is 3.47. The lowest BCUT2D eigenvalue weighted by Crippen LogP contribution is -1.93. The molecule has 0 aliphatic carbocycles. The molecule has 4 heteroatoms.